The van der Waals surface area contributed by atoms with Crippen molar-refractivity contribution in [2.75, 3.05) is 6.54 Å². The molecule has 1 heterocycles. The van der Waals surface area contributed by atoms with Crippen LogP contribution in [0.5, 0.6) is 0 Å². The lowest BCUT2D eigenvalue weighted by Gasteiger charge is -2.38. The summed E-state index contributed by atoms with van der Waals surface area (Å²) < 4.78 is 0. The lowest BCUT2D eigenvalue weighted by molar-refractivity contribution is 0.0734. The van der Waals surface area contributed by atoms with Crippen LogP contribution in [0.25, 0.3) is 0 Å². The van der Waals surface area contributed by atoms with Crippen LogP contribution in [0.2, 0.25) is 0 Å². The molecule has 0 aliphatic carbocycles. The highest BCUT2D eigenvalue weighted by Gasteiger charge is 2.26. The van der Waals surface area contributed by atoms with Crippen molar-refractivity contribution in [3.05, 3.63) is 35.4 Å². The monoisotopic (exact) mass is 245 g/mol. The highest BCUT2D eigenvalue weighted by Crippen LogP contribution is 2.22. The van der Waals surface area contributed by atoms with Crippen molar-refractivity contribution in [2.24, 2.45) is 0 Å². The average molecular weight is 245 g/mol. The van der Waals surface area contributed by atoms with E-state index < -0.39 is 0 Å². The van der Waals surface area contributed by atoms with Gasteiger partial charge in [-0.15, -0.1) is 0 Å². The summed E-state index contributed by atoms with van der Waals surface area (Å²) in [6.07, 6.45) is 3.72. The Bertz CT molecular complexity index is 417. The first kappa shape index (κ1) is 13.3. The van der Waals surface area contributed by atoms with Gasteiger partial charge in [-0.2, -0.15) is 0 Å². The Hall–Kier alpha value is -1.15. The Balaban J connectivity index is 2.06. The second kappa shape index (κ2) is 5.66. The predicted octanol–water partition coefficient (Wildman–Crippen LogP) is 3.44. The minimum atomic E-state index is 0.249. The summed E-state index contributed by atoms with van der Waals surface area (Å²) in [6, 6.07) is 8.97. The molecule has 1 aromatic carbocycles. The molecule has 0 spiro atoms. The van der Waals surface area contributed by atoms with Gasteiger partial charge in [0.25, 0.3) is 0 Å². The van der Waals surface area contributed by atoms with E-state index in [1.165, 1.54) is 19.3 Å². The summed E-state index contributed by atoms with van der Waals surface area (Å²) in [7, 11) is 0. The van der Waals surface area contributed by atoms with Crippen LogP contribution in [0.1, 0.15) is 49.0 Å². The van der Waals surface area contributed by atoms with Crippen LogP contribution in [0.4, 0.5) is 0 Å². The Labute approximate surface area is 110 Å². The Morgan fingerprint density at radius 2 is 1.94 bits per heavy atom. The second-order valence-electron chi connectivity index (χ2n) is 5.59. The normalized spacial score (nSPS) is 25.1. The zero-order valence-electron chi connectivity index (χ0n) is 11.6. The van der Waals surface area contributed by atoms with Gasteiger partial charge in [-0.1, -0.05) is 30.2 Å². The third kappa shape index (κ3) is 2.99. The first-order valence-corrected chi connectivity index (χ1v) is 6.93. The largest absolute Gasteiger partial charge is 0.293 e. The molecule has 0 amide bonds. The molecule has 18 heavy (non-hydrogen) atoms. The minimum Gasteiger partial charge on any atom is -0.293 e. The van der Waals surface area contributed by atoms with Crippen molar-refractivity contribution in [3.8, 4) is 0 Å². The maximum absolute atomic E-state index is 12.3. The van der Waals surface area contributed by atoms with Gasteiger partial charge in [-0.05, 0) is 39.7 Å². The highest BCUT2D eigenvalue weighted by molar-refractivity contribution is 5.97. The summed E-state index contributed by atoms with van der Waals surface area (Å²) in [5.74, 6) is 0.249. The summed E-state index contributed by atoms with van der Waals surface area (Å²) >= 11 is 0. The van der Waals surface area contributed by atoms with E-state index in [2.05, 4.69) is 18.7 Å². The number of Topliss-reactive ketones (excluding diaryl/α,β-unsaturated/α-hetero) is 1. The van der Waals surface area contributed by atoms with Crippen LogP contribution >= 0.6 is 0 Å². The van der Waals surface area contributed by atoms with Crippen molar-refractivity contribution >= 4 is 5.78 Å². The molecule has 1 aliphatic rings. The van der Waals surface area contributed by atoms with E-state index in [9.17, 15) is 4.79 Å². The lowest BCUT2D eigenvalue weighted by atomic mass is 9.96. The van der Waals surface area contributed by atoms with Crippen LogP contribution in [0.15, 0.2) is 24.3 Å². The number of nitrogens with zero attached hydrogens (tertiary/aromatic N) is 1. The number of carbonyl (C=O) groups excluding carboxylic acids is 1. The maximum atomic E-state index is 12.3. The topological polar surface area (TPSA) is 20.3 Å². The van der Waals surface area contributed by atoms with E-state index in [0.717, 1.165) is 11.1 Å². The molecular weight excluding hydrogens is 222 g/mol. The average Bonchev–Trinajstić information content (AvgIpc) is 2.34. The first-order chi connectivity index (χ1) is 8.58. The number of likely N-dealkylation sites (tertiary alicyclic amines) is 1. The van der Waals surface area contributed by atoms with Crippen LogP contribution < -0.4 is 0 Å². The number of benzene rings is 1. The number of hydrogen-bond donors (Lipinski definition) is 0. The van der Waals surface area contributed by atoms with Crippen molar-refractivity contribution < 1.29 is 4.79 Å². The third-order valence-electron chi connectivity index (χ3n) is 4.04. The molecule has 98 valence electrons. The van der Waals surface area contributed by atoms with Gasteiger partial charge in [-0.3, -0.25) is 9.69 Å². The smallest absolute Gasteiger partial charge is 0.176 e. The number of aryl methyl sites for hydroxylation is 1. The summed E-state index contributed by atoms with van der Waals surface area (Å²) in [5.41, 5.74) is 2.00. The molecule has 1 aliphatic heterocycles. The molecule has 2 heteroatoms. The summed E-state index contributed by atoms with van der Waals surface area (Å²) in [5, 5.41) is 0. The van der Waals surface area contributed by atoms with E-state index in [4.69, 9.17) is 0 Å². The molecular formula is C16H23NO. The van der Waals surface area contributed by atoms with Gasteiger partial charge >= 0.3 is 0 Å². The predicted molar refractivity (Wildman–Crippen MR) is 75.0 cm³/mol. The fourth-order valence-corrected chi connectivity index (χ4v) is 2.86. The number of rotatable bonds is 3. The van der Waals surface area contributed by atoms with Crippen LogP contribution in [0.3, 0.4) is 0 Å². The number of ketones is 1. The second-order valence-corrected chi connectivity index (χ2v) is 5.59. The molecule has 0 unspecified atom stereocenters. The summed E-state index contributed by atoms with van der Waals surface area (Å²) in [4.78, 5) is 14.7. The minimum absolute atomic E-state index is 0.249. The Kier molecular flexibility index (Phi) is 4.18. The first-order valence-electron chi connectivity index (χ1n) is 6.93. The number of carbonyl (C=O) groups is 1. The third-order valence-corrected chi connectivity index (χ3v) is 4.04. The van der Waals surface area contributed by atoms with E-state index in [0.29, 0.717) is 18.6 Å². The lowest BCUT2D eigenvalue weighted by Crippen LogP contribution is -2.46. The van der Waals surface area contributed by atoms with Gasteiger partial charge in [-0.25, -0.2) is 0 Å². The van der Waals surface area contributed by atoms with Gasteiger partial charge in [0.2, 0.25) is 0 Å². The van der Waals surface area contributed by atoms with Crippen molar-refractivity contribution in [3.63, 3.8) is 0 Å². The van der Waals surface area contributed by atoms with Crippen molar-refractivity contribution in [2.45, 2.75) is 52.1 Å². The molecule has 0 radical (unpaired) electrons. The van der Waals surface area contributed by atoms with Crippen molar-refractivity contribution in [1.29, 1.82) is 0 Å². The number of piperidine rings is 1. The number of hydrogen-bond acceptors (Lipinski definition) is 2. The molecule has 0 aromatic heterocycles. The van der Waals surface area contributed by atoms with Gasteiger partial charge < -0.3 is 0 Å². The molecule has 0 saturated carbocycles. The summed E-state index contributed by atoms with van der Waals surface area (Å²) in [6.45, 7) is 7.06. The van der Waals surface area contributed by atoms with Gasteiger partial charge in [0.05, 0.1) is 6.54 Å². The highest BCUT2D eigenvalue weighted by atomic mass is 16.1. The van der Waals surface area contributed by atoms with Gasteiger partial charge in [0.1, 0.15) is 0 Å². The van der Waals surface area contributed by atoms with E-state index in [1.807, 2.05) is 31.2 Å². The van der Waals surface area contributed by atoms with E-state index in [1.54, 1.807) is 0 Å². The van der Waals surface area contributed by atoms with E-state index in [-0.39, 0.29) is 5.78 Å². The molecule has 0 N–H and O–H groups in total. The quantitative estimate of drug-likeness (QED) is 0.760. The molecule has 1 saturated heterocycles. The zero-order valence-corrected chi connectivity index (χ0v) is 11.6. The molecule has 2 nitrogen and oxygen atoms in total. The maximum Gasteiger partial charge on any atom is 0.176 e. The molecule has 1 aromatic rings. The van der Waals surface area contributed by atoms with Gasteiger partial charge in [0.15, 0.2) is 5.78 Å². The van der Waals surface area contributed by atoms with Crippen LogP contribution in [0, 0.1) is 6.92 Å². The van der Waals surface area contributed by atoms with E-state index >= 15 is 0 Å². The standard InChI is InChI=1S/C16H23NO/c1-12-6-4-9-15(10-12)16(18)11-17-13(2)7-5-8-14(17)3/h4,6,9-10,13-14H,5,7-8,11H2,1-3H3/t13-,14+. The molecule has 2 atom stereocenters. The SMILES string of the molecule is Cc1cccc(C(=O)CN2[C@H](C)CCC[C@@H]2C)c1. The van der Waals surface area contributed by atoms with Crippen molar-refractivity contribution in [1.82, 2.24) is 4.90 Å². The zero-order chi connectivity index (χ0) is 13.1. The Morgan fingerprint density at radius 3 is 2.56 bits per heavy atom. The molecule has 0 bridgehead atoms. The van der Waals surface area contributed by atoms with Crippen LogP contribution in [-0.4, -0.2) is 29.3 Å². The van der Waals surface area contributed by atoms with Gasteiger partial charge in [0, 0.05) is 17.6 Å². The fourth-order valence-electron chi connectivity index (χ4n) is 2.86. The fraction of sp³-hybridized carbons (Fsp3) is 0.562. The Morgan fingerprint density at radius 1 is 1.28 bits per heavy atom. The molecule has 2 rings (SSSR count). The van der Waals surface area contributed by atoms with Crippen LogP contribution in [-0.2, 0) is 0 Å². The molecule has 1 fully saturated rings.